The van der Waals surface area contributed by atoms with Crippen LogP contribution < -0.4 is 14.6 Å². The van der Waals surface area contributed by atoms with Crippen LogP contribution in [0.5, 0.6) is 11.5 Å². The molecule has 0 saturated carbocycles. The third kappa shape index (κ3) is 4.04. The molecule has 0 aliphatic carbocycles. The maximum Gasteiger partial charge on any atom is 0.196 e. The van der Waals surface area contributed by atoms with Crippen LogP contribution in [0.3, 0.4) is 0 Å². The number of hydrogen-bond acceptors (Lipinski definition) is 5. The molecule has 1 heterocycles. The van der Waals surface area contributed by atoms with E-state index in [-0.39, 0.29) is 5.78 Å². The largest absolute Gasteiger partial charge is 0.546 e. The normalized spacial score (nSPS) is 16.8. The number of carboxylic acids is 1. The van der Waals surface area contributed by atoms with Crippen molar-refractivity contribution >= 4 is 17.8 Å². The van der Waals surface area contributed by atoms with Gasteiger partial charge in [-0.25, -0.2) is 0 Å². The van der Waals surface area contributed by atoms with Crippen LogP contribution in [0.2, 0.25) is 0 Å². The van der Waals surface area contributed by atoms with E-state index in [1.165, 1.54) is 0 Å². The first-order valence-corrected chi connectivity index (χ1v) is 9.11. The molecule has 1 atom stereocenters. The predicted octanol–water partition coefficient (Wildman–Crippen LogP) is 3.22. The van der Waals surface area contributed by atoms with Gasteiger partial charge >= 0.3 is 0 Å². The molecular formula is C24H17O5-. The van der Waals surface area contributed by atoms with Crippen molar-refractivity contribution in [2.75, 3.05) is 6.61 Å². The summed E-state index contributed by atoms with van der Waals surface area (Å²) in [5.41, 5.74) is 2.71. The number of carbonyl (C=O) groups excluding carboxylic acids is 2. The maximum atomic E-state index is 13.2. The van der Waals surface area contributed by atoms with Gasteiger partial charge in [0.1, 0.15) is 18.1 Å². The van der Waals surface area contributed by atoms with Crippen molar-refractivity contribution in [2.24, 2.45) is 0 Å². The number of ketones is 1. The topological polar surface area (TPSA) is 75.7 Å². The fourth-order valence-electron chi connectivity index (χ4n) is 3.22. The molecule has 0 spiro atoms. The van der Waals surface area contributed by atoms with Crippen LogP contribution in [-0.2, 0) is 4.79 Å². The molecule has 0 N–H and O–H groups in total. The fraction of sp³-hybridized carbons (Fsp3) is 0.0833. The predicted molar refractivity (Wildman–Crippen MR) is 106 cm³/mol. The summed E-state index contributed by atoms with van der Waals surface area (Å²) in [4.78, 5) is 23.7. The van der Waals surface area contributed by atoms with Crippen molar-refractivity contribution in [1.29, 1.82) is 0 Å². The molecule has 144 valence electrons. The Labute approximate surface area is 167 Å². The molecule has 5 heteroatoms. The standard InChI is InChI=1S/C24H18O5/c25-22(26)15-28-18-12-10-16(11-13-18)14-20-23(27)19-8-4-5-9-21(19)29-24(20)17-6-2-1-3-7-17/h1-14,24H,15H2,(H,25,26)/p-1/b20-14-/t24-/m0/s1. The van der Waals surface area contributed by atoms with Crippen molar-refractivity contribution in [1.82, 2.24) is 0 Å². The Balaban J connectivity index is 1.70. The lowest BCUT2D eigenvalue weighted by molar-refractivity contribution is -0.307. The Morgan fingerprint density at radius 1 is 0.966 bits per heavy atom. The van der Waals surface area contributed by atoms with Crippen LogP contribution >= 0.6 is 0 Å². The highest BCUT2D eigenvalue weighted by Gasteiger charge is 2.32. The Kier molecular flexibility index (Phi) is 5.12. The number of hydrogen-bond donors (Lipinski definition) is 0. The lowest BCUT2D eigenvalue weighted by Gasteiger charge is -2.28. The summed E-state index contributed by atoms with van der Waals surface area (Å²) in [6, 6.07) is 23.6. The van der Waals surface area contributed by atoms with Gasteiger partial charge in [-0.1, -0.05) is 54.6 Å². The number of carboxylic acid groups (broad SMARTS) is 1. The molecule has 0 fully saturated rings. The van der Waals surface area contributed by atoms with Gasteiger partial charge in [0.05, 0.1) is 11.5 Å². The number of benzene rings is 3. The van der Waals surface area contributed by atoms with Gasteiger partial charge in [-0.3, -0.25) is 4.79 Å². The fourth-order valence-corrected chi connectivity index (χ4v) is 3.22. The molecule has 4 rings (SSSR count). The summed E-state index contributed by atoms with van der Waals surface area (Å²) >= 11 is 0. The molecule has 0 radical (unpaired) electrons. The average Bonchev–Trinajstić information content (AvgIpc) is 2.75. The molecule has 1 aliphatic heterocycles. The molecule has 29 heavy (non-hydrogen) atoms. The van der Waals surface area contributed by atoms with Crippen LogP contribution in [0.1, 0.15) is 27.6 Å². The minimum Gasteiger partial charge on any atom is -0.546 e. The summed E-state index contributed by atoms with van der Waals surface area (Å²) in [6.07, 6.45) is 1.27. The molecule has 5 nitrogen and oxygen atoms in total. The molecular weight excluding hydrogens is 368 g/mol. The van der Waals surface area contributed by atoms with Crippen LogP contribution in [0.25, 0.3) is 6.08 Å². The van der Waals surface area contributed by atoms with E-state index in [9.17, 15) is 14.7 Å². The van der Waals surface area contributed by atoms with E-state index in [0.717, 1.165) is 11.1 Å². The maximum absolute atomic E-state index is 13.2. The van der Waals surface area contributed by atoms with E-state index in [2.05, 4.69) is 0 Å². The Hall–Kier alpha value is -3.86. The van der Waals surface area contributed by atoms with Crippen LogP contribution in [0.4, 0.5) is 0 Å². The summed E-state index contributed by atoms with van der Waals surface area (Å²) < 4.78 is 11.3. The Bertz CT molecular complexity index is 1070. The van der Waals surface area contributed by atoms with E-state index in [0.29, 0.717) is 22.6 Å². The van der Waals surface area contributed by atoms with Gasteiger partial charge in [0, 0.05) is 5.57 Å². The Morgan fingerprint density at radius 2 is 1.66 bits per heavy atom. The smallest absolute Gasteiger partial charge is 0.196 e. The zero-order valence-electron chi connectivity index (χ0n) is 15.4. The monoisotopic (exact) mass is 385 g/mol. The van der Waals surface area contributed by atoms with Crippen LogP contribution in [0, 0.1) is 0 Å². The molecule has 0 amide bonds. The SMILES string of the molecule is O=C([O-])COc1ccc(/C=C2/C(=O)c3ccccc3O[C@H]2c2ccccc2)cc1. The van der Waals surface area contributed by atoms with Crippen molar-refractivity contribution in [3.63, 3.8) is 0 Å². The lowest BCUT2D eigenvalue weighted by atomic mass is 9.89. The molecule has 0 unspecified atom stereocenters. The first-order chi connectivity index (χ1) is 14.1. The highest BCUT2D eigenvalue weighted by atomic mass is 16.5. The van der Waals surface area contributed by atoms with Crippen LogP contribution in [-0.4, -0.2) is 18.4 Å². The quantitative estimate of drug-likeness (QED) is 0.631. The number of fused-ring (bicyclic) bond motifs is 1. The molecule has 0 bridgehead atoms. The van der Waals surface area contributed by atoms with Crippen molar-refractivity contribution in [2.45, 2.75) is 6.10 Å². The lowest BCUT2D eigenvalue weighted by Crippen LogP contribution is -2.28. The van der Waals surface area contributed by atoms with E-state index in [4.69, 9.17) is 9.47 Å². The van der Waals surface area contributed by atoms with E-state index < -0.39 is 18.7 Å². The second kappa shape index (κ2) is 8.02. The summed E-state index contributed by atoms with van der Waals surface area (Å²) in [5.74, 6) is -0.398. The van der Waals surface area contributed by atoms with Crippen molar-refractivity contribution in [3.05, 3.63) is 101 Å². The van der Waals surface area contributed by atoms with Gasteiger partial charge in [-0.2, -0.15) is 0 Å². The van der Waals surface area contributed by atoms with Gasteiger partial charge in [-0.15, -0.1) is 0 Å². The summed E-state index contributed by atoms with van der Waals surface area (Å²) in [5, 5.41) is 10.5. The van der Waals surface area contributed by atoms with Gasteiger partial charge < -0.3 is 19.4 Å². The number of rotatable bonds is 5. The van der Waals surface area contributed by atoms with E-state index in [1.807, 2.05) is 42.5 Å². The van der Waals surface area contributed by atoms with Gasteiger partial charge in [-0.05, 0) is 41.5 Å². The summed E-state index contributed by atoms with van der Waals surface area (Å²) in [6.45, 7) is -0.514. The van der Waals surface area contributed by atoms with E-state index in [1.54, 1.807) is 42.5 Å². The number of carbonyl (C=O) groups is 2. The minimum atomic E-state index is -1.29. The van der Waals surface area contributed by atoms with Gasteiger partial charge in [0.15, 0.2) is 11.9 Å². The first-order valence-electron chi connectivity index (χ1n) is 9.11. The highest BCUT2D eigenvalue weighted by molar-refractivity contribution is 6.14. The van der Waals surface area contributed by atoms with Crippen molar-refractivity contribution in [3.8, 4) is 11.5 Å². The van der Waals surface area contributed by atoms with Gasteiger partial charge in [0.2, 0.25) is 0 Å². The second-order valence-corrected chi connectivity index (χ2v) is 6.56. The molecule has 3 aromatic rings. The Morgan fingerprint density at radius 3 is 2.38 bits per heavy atom. The highest BCUT2D eigenvalue weighted by Crippen LogP contribution is 2.39. The van der Waals surface area contributed by atoms with Crippen LogP contribution in [0.15, 0.2) is 84.4 Å². The second-order valence-electron chi connectivity index (χ2n) is 6.56. The third-order valence-electron chi connectivity index (χ3n) is 4.58. The number of Topliss-reactive ketones (excluding diaryl/α,β-unsaturated/α-hetero) is 1. The summed E-state index contributed by atoms with van der Waals surface area (Å²) in [7, 11) is 0. The number of para-hydroxylation sites is 1. The van der Waals surface area contributed by atoms with E-state index >= 15 is 0 Å². The number of ether oxygens (including phenoxy) is 2. The minimum absolute atomic E-state index is 0.0852. The van der Waals surface area contributed by atoms with Gasteiger partial charge in [0.25, 0.3) is 0 Å². The first kappa shape index (κ1) is 18.5. The average molecular weight is 385 g/mol. The zero-order valence-corrected chi connectivity index (χ0v) is 15.4. The molecule has 0 saturated heterocycles. The van der Waals surface area contributed by atoms with Crippen molar-refractivity contribution < 1.29 is 24.2 Å². The zero-order chi connectivity index (χ0) is 20.2. The molecule has 3 aromatic carbocycles. The number of aliphatic carboxylic acids is 1. The third-order valence-corrected chi connectivity index (χ3v) is 4.58. The molecule has 0 aromatic heterocycles. The molecule has 1 aliphatic rings.